The molecule has 3 aliphatic carbocycles. The summed E-state index contributed by atoms with van der Waals surface area (Å²) >= 11 is 0. The topological polar surface area (TPSA) is 34.9 Å². The minimum absolute atomic E-state index is 0.396. The van der Waals surface area contributed by atoms with Gasteiger partial charge >= 0.3 is 0 Å². The number of aryl methyl sites for hydroxylation is 1. The molecular formula is C28H30N2O. The maximum absolute atomic E-state index is 11.0. The fraction of sp³-hybridized carbons (Fsp3) is 0.357. The quantitative estimate of drug-likeness (QED) is 0.350. The molecule has 1 aromatic heterocycles. The molecule has 3 heteroatoms. The minimum Gasteiger partial charge on any atom is -0.296 e. The normalized spacial score (nSPS) is 24.8. The molecule has 31 heavy (non-hydrogen) atoms. The van der Waals surface area contributed by atoms with Gasteiger partial charge in [-0.15, -0.1) is 6.58 Å². The van der Waals surface area contributed by atoms with Gasteiger partial charge in [-0.05, 0) is 97.6 Å². The van der Waals surface area contributed by atoms with Crippen LogP contribution in [0.15, 0.2) is 67.3 Å². The number of carbonyl (C=O) groups is 1. The van der Waals surface area contributed by atoms with Crippen LogP contribution in [0.2, 0.25) is 0 Å². The summed E-state index contributed by atoms with van der Waals surface area (Å²) in [5, 5.41) is 4.34. The first-order valence-corrected chi connectivity index (χ1v) is 11.4. The molecule has 3 fully saturated rings. The summed E-state index contributed by atoms with van der Waals surface area (Å²) in [6.07, 6.45) is 11.8. The van der Waals surface area contributed by atoms with E-state index in [9.17, 15) is 4.79 Å². The van der Waals surface area contributed by atoms with Gasteiger partial charge in [-0.25, -0.2) is 4.68 Å². The molecule has 158 valence electrons. The van der Waals surface area contributed by atoms with E-state index in [1.807, 2.05) is 11.6 Å². The zero-order valence-corrected chi connectivity index (χ0v) is 18.3. The molecule has 3 nitrogen and oxygen atoms in total. The van der Waals surface area contributed by atoms with Crippen LogP contribution in [0.4, 0.5) is 0 Å². The van der Waals surface area contributed by atoms with Gasteiger partial charge in [0.1, 0.15) is 5.69 Å². The number of nitrogens with zero attached hydrogens (tertiary/aromatic N) is 2. The van der Waals surface area contributed by atoms with Crippen molar-refractivity contribution in [1.82, 2.24) is 9.78 Å². The summed E-state index contributed by atoms with van der Waals surface area (Å²) in [5.41, 5.74) is 7.38. The van der Waals surface area contributed by atoms with Crippen LogP contribution in [0, 0.1) is 12.3 Å². The van der Waals surface area contributed by atoms with E-state index in [0.717, 1.165) is 24.1 Å². The van der Waals surface area contributed by atoms with Crippen LogP contribution in [0.5, 0.6) is 0 Å². The summed E-state index contributed by atoms with van der Waals surface area (Å²) < 4.78 is 1.82. The van der Waals surface area contributed by atoms with Gasteiger partial charge in [0.05, 0.1) is 5.69 Å². The van der Waals surface area contributed by atoms with Crippen molar-refractivity contribution in [3.05, 3.63) is 95.3 Å². The van der Waals surface area contributed by atoms with E-state index in [1.165, 1.54) is 55.2 Å². The summed E-state index contributed by atoms with van der Waals surface area (Å²) in [6, 6.07) is 19.7. The Hall–Kier alpha value is -2.94. The van der Waals surface area contributed by atoms with E-state index in [4.69, 9.17) is 0 Å². The molecule has 0 saturated heterocycles. The van der Waals surface area contributed by atoms with Crippen molar-refractivity contribution in [3.8, 4) is 5.69 Å². The number of aromatic nitrogens is 2. The zero-order chi connectivity index (χ0) is 21.5. The van der Waals surface area contributed by atoms with Gasteiger partial charge < -0.3 is 0 Å². The lowest BCUT2D eigenvalue weighted by atomic mass is 9.52. The van der Waals surface area contributed by atoms with Crippen molar-refractivity contribution in [3.63, 3.8) is 0 Å². The Balaban J connectivity index is 1.28. The van der Waals surface area contributed by atoms with Crippen molar-refractivity contribution < 1.29 is 4.79 Å². The second kappa shape index (κ2) is 7.64. The van der Waals surface area contributed by atoms with Gasteiger partial charge in [0.15, 0.2) is 6.29 Å². The van der Waals surface area contributed by atoms with Crippen LogP contribution in [-0.2, 0) is 11.8 Å². The summed E-state index contributed by atoms with van der Waals surface area (Å²) in [4.78, 5) is 11.0. The van der Waals surface area contributed by atoms with Gasteiger partial charge in [-0.2, -0.15) is 5.10 Å². The van der Waals surface area contributed by atoms with Crippen LogP contribution in [0.3, 0.4) is 0 Å². The van der Waals surface area contributed by atoms with Crippen molar-refractivity contribution in [2.24, 2.45) is 5.41 Å². The minimum atomic E-state index is 0.396. The Morgan fingerprint density at radius 3 is 2.03 bits per heavy atom. The van der Waals surface area contributed by atoms with E-state index in [2.05, 4.69) is 66.3 Å². The lowest BCUT2D eigenvalue weighted by Gasteiger charge is -2.52. The summed E-state index contributed by atoms with van der Waals surface area (Å²) in [5.74, 6) is 0. The van der Waals surface area contributed by atoms with Crippen molar-refractivity contribution in [2.45, 2.75) is 57.3 Å². The van der Waals surface area contributed by atoms with Crippen molar-refractivity contribution in [1.29, 1.82) is 0 Å². The monoisotopic (exact) mass is 410 g/mol. The number of rotatable bonds is 6. The SMILES string of the molecule is C=CC12CCC(c3ccc(Cc4ccc(-n5nc(C=O)cc5C)cc4)cc3)(CC1)CC2. The highest BCUT2D eigenvalue weighted by atomic mass is 16.1. The predicted octanol–water partition coefficient (Wildman–Crippen LogP) is 6.36. The average Bonchev–Trinajstić information content (AvgIpc) is 3.22. The molecule has 0 atom stereocenters. The molecule has 2 bridgehead atoms. The Morgan fingerprint density at radius 1 is 0.935 bits per heavy atom. The van der Waals surface area contributed by atoms with Gasteiger partial charge in [0.2, 0.25) is 0 Å². The molecule has 6 rings (SSSR count). The van der Waals surface area contributed by atoms with Crippen LogP contribution in [0.1, 0.15) is 71.4 Å². The number of allylic oxidation sites excluding steroid dienone is 1. The summed E-state index contributed by atoms with van der Waals surface area (Å²) in [6.45, 7) is 6.08. The van der Waals surface area contributed by atoms with Crippen molar-refractivity contribution >= 4 is 6.29 Å². The van der Waals surface area contributed by atoms with Gasteiger partial charge in [0.25, 0.3) is 0 Å². The molecule has 0 amide bonds. The van der Waals surface area contributed by atoms with Gasteiger partial charge in [-0.3, -0.25) is 4.79 Å². The smallest absolute Gasteiger partial charge is 0.170 e. The van der Waals surface area contributed by atoms with Gasteiger partial charge in [-0.1, -0.05) is 42.5 Å². The molecule has 0 radical (unpaired) electrons. The fourth-order valence-corrected chi connectivity index (χ4v) is 5.74. The maximum atomic E-state index is 11.0. The highest BCUT2D eigenvalue weighted by molar-refractivity contribution is 5.72. The number of carbonyl (C=O) groups excluding carboxylic acids is 1. The first kappa shape index (κ1) is 20.0. The molecule has 1 heterocycles. The third-order valence-electron chi connectivity index (χ3n) is 7.92. The molecule has 0 aliphatic heterocycles. The molecule has 0 spiro atoms. The third-order valence-corrected chi connectivity index (χ3v) is 7.92. The molecule has 0 N–H and O–H groups in total. The summed E-state index contributed by atoms with van der Waals surface area (Å²) in [7, 11) is 0. The maximum Gasteiger partial charge on any atom is 0.170 e. The highest BCUT2D eigenvalue weighted by Crippen LogP contribution is 2.58. The zero-order valence-electron chi connectivity index (χ0n) is 18.3. The Bertz CT molecular complexity index is 1080. The van der Waals surface area contributed by atoms with E-state index in [1.54, 1.807) is 6.07 Å². The molecule has 3 aliphatic rings. The van der Waals surface area contributed by atoms with Crippen LogP contribution in [0.25, 0.3) is 5.69 Å². The molecule has 3 aromatic rings. The number of hydrogen-bond acceptors (Lipinski definition) is 2. The van der Waals surface area contributed by atoms with Crippen molar-refractivity contribution in [2.75, 3.05) is 0 Å². The van der Waals surface area contributed by atoms with Crippen LogP contribution in [-0.4, -0.2) is 16.1 Å². The molecule has 2 aromatic carbocycles. The number of hydrogen-bond donors (Lipinski definition) is 0. The van der Waals surface area contributed by atoms with Gasteiger partial charge in [0, 0.05) is 5.69 Å². The van der Waals surface area contributed by atoms with E-state index in [0.29, 0.717) is 16.5 Å². The molecule has 0 unspecified atom stereocenters. The Labute approximate surface area is 184 Å². The van der Waals surface area contributed by atoms with Crippen LogP contribution < -0.4 is 0 Å². The first-order valence-electron chi connectivity index (χ1n) is 11.4. The van der Waals surface area contributed by atoms with E-state index >= 15 is 0 Å². The fourth-order valence-electron chi connectivity index (χ4n) is 5.74. The lowest BCUT2D eigenvalue weighted by Crippen LogP contribution is -2.43. The number of aldehydes is 1. The largest absolute Gasteiger partial charge is 0.296 e. The van der Waals surface area contributed by atoms with Crippen LogP contribution >= 0.6 is 0 Å². The third kappa shape index (κ3) is 3.56. The van der Waals surface area contributed by atoms with E-state index in [-0.39, 0.29) is 0 Å². The molecule has 3 saturated carbocycles. The number of fused-ring (bicyclic) bond motifs is 3. The first-order chi connectivity index (χ1) is 15.0. The average molecular weight is 411 g/mol. The second-order valence-electron chi connectivity index (χ2n) is 9.63. The lowest BCUT2D eigenvalue weighted by molar-refractivity contribution is 0.0793. The Kier molecular flexibility index (Phi) is 4.92. The highest BCUT2D eigenvalue weighted by Gasteiger charge is 2.47. The second-order valence-corrected chi connectivity index (χ2v) is 9.63. The molecular weight excluding hydrogens is 380 g/mol. The number of benzene rings is 2. The Morgan fingerprint density at radius 2 is 1.52 bits per heavy atom. The standard InChI is InChI=1S/C28H30N2O/c1-3-27-12-15-28(16-13-27,17-14-27)24-8-4-22(5-9-24)19-23-6-10-26(11-7-23)30-21(2)18-25(20-31)29-30/h3-11,18,20H,1,12-17,19H2,2H3. The predicted molar refractivity (Wildman–Crippen MR) is 125 cm³/mol. The van der Waals surface area contributed by atoms with E-state index < -0.39 is 0 Å².